The van der Waals surface area contributed by atoms with Crippen molar-refractivity contribution in [2.75, 3.05) is 13.2 Å². The van der Waals surface area contributed by atoms with Crippen LogP contribution in [0, 0.1) is 0 Å². The van der Waals surface area contributed by atoms with Gasteiger partial charge in [0.2, 0.25) is 0 Å². The molecule has 1 aliphatic heterocycles. The summed E-state index contributed by atoms with van der Waals surface area (Å²) >= 11 is 0. The van der Waals surface area contributed by atoms with Crippen molar-refractivity contribution in [3.05, 3.63) is 59.7 Å². The lowest BCUT2D eigenvalue weighted by Crippen LogP contribution is -2.22. The minimum atomic E-state index is -0.0433. The van der Waals surface area contributed by atoms with E-state index in [0.29, 0.717) is 6.61 Å². The van der Waals surface area contributed by atoms with Crippen molar-refractivity contribution >= 4 is 0 Å². The highest BCUT2D eigenvalue weighted by Crippen LogP contribution is 2.32. The number of rotatable bonds is 6. The van der Waals surface area contributed by atoms with E-state index in [4.69, 9.17) is 9.47 Å². The molecule has 1 aliphatic rings. The second-order valence-electron chi connectivity index (χ2n) is 5.65. The van der Waals surface area contributed by atoms with Crippen LogP contribution in [0.2, 0.25) is 0 Å². The molecular weight excluding hydrogens is 280 g/mol. The molecule has 0 amide bonds. The van der Waals surface area contributed by atoms with E-state index in [1.54, 1.807) is 24.3 Å². The first-order chi connectivity index (χ1) is 10.6. The van der Waals surface area contributed by atoms with Crippen LogP contribution in [0.25, 0.3) is 0 Å². The van der Waals surface area contributed by atoms with E-state index in [9.17, 15) is 10.2 Å². The van der Waals surface area contributed by atoms with Gasteiger partial charge in [0.1, 0.15) is 17.6 Å². The van der Waals surface area contributed by atoms with Crippen LogP contribution >= 0.6 is 0 Å². The number of hydrogen-bond donors (Lipinski definition) is 2. The van der Waals surface area contributed by atoms with Gasteiger partial charge in [0.25, 0.3) is 0 Å². The molecular formula is C18H20O4. The maximum Gasteiger partial charge on any atom is 0.115 e. The molecule has 1 saturated heterocycles. The average Bonchev–Trinajstić information content (AvgIpc) is 3.34. The van der Waals surface area contributed by atoms with Crippen LogP contribution < -0.4 is 0 Å². The molecule has 116 valence electrons. The molecule has 0 saturated carbocycles. The number of phenolic OH excluding ortho intramolecular Hbond substituents is 2. The Labute approximate surface area is 129 Å². The Morgan fingerprint density at radius 2 is 1.45 bits per heavy atom. The maximum absolute atomic E-state index is 9.49. The van der Waals surface area contributed by atoms with E-state index in [-0.39, 0.29) is 29.6 Å². The summed E-state index contributed by atoms with van der Waals surface area (Å²) in [7, 11) is 0. The normalized spacial score (nSPS) is 18.4. The second-order valence-corrected chi connectivity index (χ2v) is 5.65. The number of aromatic hydroxyl groups is 2. The van der Waals surface area contributed by atoms with Crippen LogP contribution in [0.4, 0.5) is 0 Å². The molecule has 1 fully saturated rings. The van der Waals surface area contributed by atoms with E-state index in [0.717, 1.165) is 17.7 Å². The van der Waals surface area contributed by atoms with Crippen LogP contribution in [0.15, 0.2) is 48.5 Å². The molecule has 4 nitrogen and oxygen atoms in total. The van der Waals surface area contributed by atoms with Gasteiger partial charge in [-0.2, -0.15) is 0 Å². The van der Waals surface area contributed by atoms with Crippen LogP contribution in [-0.4, -0.2) is 35.6 Å². The Morgan fingerprint density at radius 1 is 1.00 bits per heavy atom. The molecule has 3 rings (SSSR count). The number of ether oxygens (including phenoxy) is 2. The molecule has 2 aromatic rings. The largest absolute Gasteiger partial charge is 0.508 e. The van der Waals surface area contributed by atoms with Gasteiger partial charge in [0.15, 0.2) is 0 Å². The number of hydrogen-bond acceptors (Lipinski definition) is 4. The van der Waals surface area contributed by atoms with Crippen LogP contribution in [0.1, 0.15) is 24.0 Å². The van der Waals surface area contributed by atoms with Gasteiger partial charge >= 0.3 is 0 Å². The smallest absolute Gasteiger partial charge is 0.115 e. The molecule has 0 radical (unpaired) electrons. The van der Waals surface area contributed by atoms with Crippen molar-refractivity contribution in [1.82, 2.24) is 0 Å². The van der Waals surface area contributed by atoms with E-state index in [1.165, 1.54) is 0 Å². The molecule has 0 spiro atoms. The van der Waals surface area contributed by atoms with Crippen molar-refractivity contribution in [2.24, 2.45) is 0 Å². The Morgan fingerprint density at radius 3 is 1.86 bits per heavy atom. The first kappa shape index (κ1) is 14.9. The Kier molecular flexibility index (Phi) is 4.32. The third kappa shape index (κ3) is 3.59. The number of phenols is 2. The molecule has 0 aliphatic carbocycles. The highest BCUT2D eigenvalue weighted by Gasteiger charge is 2.27. The summed E-state index contributed by atoms with van der Waals surface area (Å²) in [6.07, 6.45) is 0.182. The zero-order chi connectivity index (χ0) is 15.5. The number of benzene rings is 2. The molecule has 22 heavy (non-hydrogen) atoms. The fourth-order valence-electron chi connectivity index (χ4n) is 2.62. The van der Waals surface area contributed by atoms with Gasteiger partial charge in [0.05, 0.1) is 19.3 Å². The zero-order valence-electron chi connectivity index (χ0n) is 12.5. The topological polar surface area (TPSA) is 62.2 Å². The third-order valence-electron chi connectivity index (χ3n) is 3.92. The molecule has 2 aromatic carbocycles. The first-order valence-corrected chi connectivity index (χ1v) is 7.44. The van der Waals surface area contributed by atoms with Gasteiger partial charge in [-0.15, -0.1) is 0 Å². The lowest BCUT2D eigenvalue weighted by Gasteiger charge is -2.25. The average molecular weight is 300 g/mol. The van der Waals surface area contributed by atoms with Crippen LogP contribution in [0.3, 0.4) is 0 Å². The Hall–Kier alpha value is -2.04. The summed E-state index contributed by atoms with van der Waals surface area (Å²) in [5, 5.41) is 19.0. The Balaban J connectivity index is 1.86. The van der Waals surface area contributed by atoms with Gasteiger partial charge in [-0.1, -0.05) is 24.3 Å². The van der Waals surface area contributed by atoms with Crippen LogP contribution in [0.5, 0.6) is 11.5 Å². The van der Waals surface area contributed by atoms with E-state index in [2.05, 4.69) is 0 Å². The van der Waals surface area contributed by atoms with Gasteiger partial charge in [0, 0.05) is 5.92 Å². The fourth-order valence-corrected chi connectivity index (χ4v) is 2.62. The molecule has 2 N–H and O–H groups in total. The summed E-state index contributed by atoms with van der Waals surface area (Å²) in [5.41, 5.74) is 2.13. The highest BCUT2D eigenvalue weighted by atomic mass is 16.6. The molecule has 2 atom stereocenters. The summed E-state index contributed by atoms with van der Waals surface area (Å²) in [5.74, 6) is 0.515. The van der Waals surface area contributed by atoms with Crippen molar-refractivity contribution < 1.29 is 19.7 Å². The molecule has 2 unspecified atom stereocenters. The van der Waals surface area contributed by atoms with Crippen molar-refractivity contribution in [2.45, 2.75) is 25.0 Å². The molecule has 1 heterocycles. The van der Waals surface area contributed by atoms with E-state index >= 15 is 0 Å². The summed E-state index contributed by atoms with van der Waals surface area (Å²) < 4.78 is 11.1. The van der Waals surface area contributed by atoms with E-state index < -0.39 is 0 Å². The summed E-state index contributed by atoms with van der Waals surface area (Å²) in [4.78, 5) is 0. The fraction of sp³-hybridized carbons (Fsp3) is 0.333. The molecule has 0 bridgehead atoms. The lowest BCUT2D eigenvalue weighted by atomic mass is 9.87. The highest BCUT2D eigenvalue weighted by molar-refractivity contribution is 5.38. The monoisotopic (exact) mass is 300 g/mol. The SMILES string of the molecule is CC(OCC1CO1)C(c1ccc(O)cc1)c1ccc(O)cc1. The minimum absolute atomic E-state index is 0.0277. The predicted octanol–water partition coefficient (Wildman–Crippen LogP) is 3.03. The van der Waals surface area contributed by atoms with Crippen molar-refractivity contribution in [3.63, 3.8) is 0 Å². The maximum atomic E-state index is 9.49. The van der Waals surface area contributed by atoms with Gasteiger partial charge in [-0.25, -0.2) is 0 Å². The predicted molar refractivity (Wildman–Crippen MR) is 83.2 cm³/mol. The van der Waals surface area contributed by atoms with Gasteiger partial charge in [-0.05, 0) is 42.3 Å². The third-order valence-corrected chi connectivity index (χ3v) is 3.92. The molecule has 0 aromatic heterocycles. The summed E-state index contributed by atoms with van der Waals surface area (Å²) in [6.45, 7) is 3.40. The number of epoxide rings is 1. The zero-order valence-corrected chi connectivity index (χ0v) is 12.5. The van der Waals surface area contributed by atoms with Gasteiger partial charge in [-0.3, -0.25) is 0 Å². The van der Waals surface area contributed by atoms with E-state index in [1.807, 2.05) is 31.2 Å². The van der Waals surface area contributed by atoms with Crippen molar-refractivity contribution in [3.8, 4) is 11.5 Å². The van der Waals surface area contributed by atoms with Gasteiger partial charge < -0.3 is 19.7 Å². The lowest BCUT2D eigenvalue weighted by molar-refractivity contribution is 0.0444. The second kappa shape index (κ2) is 6.38. The standard InChI is InChI=1S/C18H20O4/c1-12(21-10-17-11-22-17)18(13-2-6-15(19)7-3-13)14-4-8-16(20)9-5-14/h2-9,12,17-20H,10-11H2,1H3. The Bertz CT molecular complexity index is 556. The van der Waals surface area contributed by atoms with Crippen molar-refractivity contribution in [1.29, 1.82) is 0 Å². The summed E-state index contributed by atoms with van der Waals surface area (Å²) in [6, 6.07) is 14.3. The van der Waals surface area contributed by atoms with Crippen LogP contribution in [-0.2, 0) is 9.47 Å². The first-order valence-electron chi connectivity index (χ1n) is 7.44. The molecule has 4 heteroatoms. The minimum Gasteiger partial charge on any atom is -0.508 e. The quantitative estimate of drug-likeness (QED) is 0.805.